The van der Waals surface area contributed by atoms with Crippen molar-refractivity contribution in [3.63, 3.8) is 0 Å². The fraction of sp³-hybridized carbons (Fsp3) is 0.364. The summed E-state index contributed by atoms with van der Waals surface area (Å²) in [6, 6.07) is 0. The molecule has 0 bridgehead atoms. The zero-order valence-corrected chi connectivity index (χ0v) is 8.62. The Balaban J connectivity index is 4.71. The first-order valence-corrected chi connectivity index (χ1v) is 4.35. The van der Waals surface area contributed by atoms with E-state index in [1.807, 2.05) is 39.0 Å². The average Bonchev–Trinajstić information content (AvgIpc) is 2.13. The topological polar surface area (TPSA) is 38.4 Å². The minimum Gasteiger partial charge on any atom is -0.324 e. The normalized spacial score (nSPS) is 15.5. The van der Waals surface area contributed by atoms with Crippen LogP contribution in [0.4, 0.5) is 0 Å². The van der Waals surface area contributed by atoms with Gasteiger partial charge in [-0.2, -0.15) is 5.10 Å². The van der Waals surface area contributed by atoms with E-state index in [9.17, 15) is 0 Å². The maximum absolute atomic E-state index is 5.13. The van der Waals surface area contributed by atoms with Crippen LogP contribution in [0.2, 0.25) is 0 Å². The maximum Gasteiger partial charge on any atom is 0.0411 e. The van der Waals surface area contributed by atoms with Crippen LogP contribution < -0.4 is 5.84 Å². The van der Waals surface area contributed by atoms with Crippen LogP contribution in [0.5, 0.6) is 0 Å². The van der Waals surface area contributed by atoms with Crippen LogP contribution in [-0.4, -0.2) is 6.21 Å². The second-order valence-electron chi connectivity index (χ2n) is 2.88. The van der Waals surface area contributed by atoms with Gasteiger partial charge >= 0.3 is 0 Å². The molecule has 1 atom stereocenters. The van der Waals surface area contributed by atoms with E-state index in [-0.39, 0.29) is 5.92 Å². The van der Waals surface area contributed by atoms with Crippen molar-refractivity contribution in [2.24, 2.45) is 16.9 Å². The van der Waals surface area contributed by atoms with E-state index in [4.69, 9.17) is 5.84 Å². The highest BCUT2D eigenvalue weighted by Gasteiger charge is 2.08. The van der Waals surface area contributed by atoms with E-state index in [0.29, 0.717) is 0 Å². The first-order chi connectivity index (χ1) is 6.17. The molecule has 72 valence electrons. The molecule has 13 heavy (non-hydrogen) atoms. The van der Waals surface area contributed by atoms with Crippen LogP contribution in [0.25, 0.3) is 0 Å². The predicted octanol–water partition coefficient (Wildman–Crippen LogP) is 2.65. The lowest BCUT2D eigenvalue weighted by molar-refractivity contribution is 0.981. The van der Waals surface area contributed by atoms with Crippen molar-refractivity contribution in [2.45, 2.75) is 20.8 Å². The first kappa shape index (κ1) is 11.7. The van der Waals surface area contributed by atoms with Gasteiger partial charge in [0, 0.05) is 12.1 Å². The van der Waals surface area contributed by atoms with Crippen molar-refractivity contribution in [1.29, 1.82) is 0 Å². The van der Waals surface area contributed by atoms with Crippen molar-refractivity contribution in [2.75, 3.05) is 0 Å². The Kier molecular flexibility index (Phi) is 5.60. The van der Waals surface area contributed by atoms with Gasteiger partial charge < -0.3 is 5.84 Å². The zero-order valence-electron chi connectivity index (χ0n) is 8.62. The van der Waals surface area contributed by atoms with E-state index in [0.717, 1.165) is 5.57 Å². The van der Waals surface area contributed by atoms with Crippen molar-refractivity contribution in [3.8, 4) is 0 Å². The third kappa shape index (κ3) is 3.74. The lowest BCUT2D eigenvalue weighted by Crippen LogP contribution is -2.06. The van der Waals surface area contributed by atoms with Gasteiger partial charge in [-0.3, -0.25) is 0 Å². The molecule has 0 aliphatic rings. The van der Waals surface area contributed by atoms with E-state index < -0.39 is 0 Å². The number of rotatable bonds is 4. The molecule has 0 amide bonds. The second-order valence-corrected chi connectivity index (χ2v) is 2.88. The third-order valence-corrected chi connectivity index (χ3v) is 1.96. The standard InChI is InChI=1S/C11H18N2/c1-5-7-10(4)11(8-13-12)9(3)6-2/h5-8,11H,4,12H2,1-3H3/b7-5-,9-6+,13-8+. The quantitative estimate of drug-likeness (QED) is 0.232. The SMILES string of the molecule is C=C(/C=C\C)C(/C=N/N)/C(C)=C/C. The predicted molar refractivity (Wildman–Crippen MR) is 59.6 cm³/mol. The highest BCUT2D eigenvalue weighted by Crippen LogP contribution is 2.17. The summed E-state index contributed by atoms with van der Waals surface area (Å²) in [6.07, 6.45) is 7.68. The molecule has 0 aliphatic carbocycles. The lowest BCUT2D eigenvalue weighted by Gasteiger charge is -2.12. The summed E-state index contributed by atoms with van der Waals surface area (Å²) in [5.74, 6) is 5.26. The maximum atomic E-state index is 5.13. The average molecular weight is 178 g/mol. The van der Waals surface area contributed by atoms with Crippen molar-refractivity contribution in [3.05, 3.63) is 36.0 Å². The summed E-state index contributed by atoms with van der Waals surface area (Å²) in [7, 11) is 0. The van der Waals surface area contributed by atoms with Crippen LogP contribution in [0.15, 0.2) is 41.1 Å². The Labute approximate surface area is 80.5 Å². The Hall–Kier alpha value is -1.31. The summed E-state index contributed by atoms with van der Waals surface area (Å²) in [4.78, 5) is 0. The van der Waals surface area contributed by atoms with E-state index in [2.05, 4.69) is 11.7 Å². The molecule has 1 unspecified atom stereocenters. The van der Waals surface area contributed by atoms with Gasteiger partial charge in [0.25, 0.3) is 0 Å². The van der Waals surface area contributed by atoms with E-state index in [1.54, 1.807) is 6.21 Å². The van der Waals surface area contributed by atoms with Gasteiger partial charge in [-0.25, -0.2) is 0 Å². The van der Waals surface area contributed by atoms with Crippen molar-refractivity contribution < 1.29 is 0 Å². The number of nitrogens with two attached hydrogens (primary N) is 1. The smallest absolute Gasteiger partial charge is 0.0411 e. The van der Waals surface area contributed by atoms with Gasteiger partial charge in [-0.15, -0.1) is 0 Å². The Morgan fingerprint density at radius 1 is 1.46 bits per heavy atom. The molecule has 0 heterocycles. The molecular weight excluding hydrogens is 160 g/mol. The van der Waals surface area contributed by atoms with Gasteiger partial charge in [0.05, 0.1) is 0 Å². The van der Waals surface area contributed by atoms with E-state index >= 15 is 0 Å². The molecule has 0 aliphatic heterocycles. The van der Waals surface area contributed by atoms with Gasteiger partial charge in [0.1, 0.15) is 0 Å². The Morgan fingerprint density at radius 3 is 2.46 bits per heavy atom. The fourth-order valence-electron chi connectivity index (χ4n) is 1.09. The fourth-order valence-corrected chi connectivity index (χ4v) is 1.09. The van der Waals surface area contributed by atoms with Crippen LogP contribution in [0.1, 0.15) is 20.8 Å². The summed E-state index contributed by atoms with van der Waals surface area (Å²) < 4.78 is 0. The molecule has 2 N–H and O–H groups in total. The van der Waals surface area contributed by atoms with Gasteiger partial charge in [0.2, 0.25) is 0 Å². The number of hydrogen-bond acceptors (Lipinski definition) is 2. The largest absolute Gasteiger partial charge is 0.324 e. The summed E-state index contributed by atoms with van der Waals surface area (Å²) >= 11 is 0. The van der Waals surface area contributed by atoms with Crippen LogP contribution in [0.3, 0.4) is 0 Å². The van der Waals surface area contributed by atoms with Crippen molar-refractivity contribution >= 4 is 6.21 Å². The summed E-state index contributed by atoms with van der Waals surface area (Å²) in [6.45, 7) is 9.96. The minimum atomic E-state index is 0.131. The zero-order chi connectivity index (χ0) is 10.3. The molecule has 0 rings (SSSR count). The van der Waals surface area contributed by atoms with Crippen molar-refractivity contribution in [1.82, 2.24) is 0 Å². The Morgan fingerprint density at radius 2 is 2.08 bits per heavy atom. The molecular formula is C11H18N2. The molecule has 0 spiro atoms. The highest BCUT2D eigenvalue weighted by molar-refractivity contribution is 5.70. The minimum absolute atomic E-state index is 0.131. The molecule has 0 fully saturated rings. The second kappa shape index (κ2) is 6.23. The number of nitrogens with zero attached hydrogens (tertiary/aromatic N) is 1. The molecule has 0 aromatic carbocycles. The summed E-state index contributed by atoms with van der Waals surface area (Å²) in [5, 5.41) is 3.55. The van der Waals surface area contributed by atoms with Gasteiger partial charge in [-0.05, 0) is 26.3 Å². The lowest BCUT2D eigenvalue weighted by atomic mass is 9.93. The van der Waals surface area contributed by atoms with Crippen LogP contribution >= 0.6 is 0 Å². The Bertz CT molecular complexity index is 247. The first-order valence-electron chi connectivity index (χ1n) is 4.35. The van der Waals surface area contributed by atoms with Crippen LogP contribution in [0, 0.1) is 5.92 Å². The molecule has 0 saturated carbocycles. The molecule has 0 saturated heterocycles. The van der Waals surface area contributed by atoms with Gasteiger partial charge in [-0.1, -0.05) is 30.4 Å². The van der Waals surface area contributed by atoms with Gasteiger partial charge in [0.15, 0.2) is 0 Å². The van der Waals surface area contributed by atoms with E-state index in [1.165, 1.54) is 5.57 Å². The number of hydrogen-bond donors (Lipinski definition) is 1. The third-order valence-electron chi connectivity index (χ3n) is 1.96. The highest BCUT2D eigenvalue weighted by atomic mass is 15.1. The molecule has 0 radical (unpaired) electrons. The molecule has 0 aromatic rings. The number of hydrazone groups is 1. The molecule has 2 heteroatoms. The summed E-state index contributed by atoms with van der Waals surface area (Å²) in [5.41, 5.74) is 2.21. The monoisotopic (exact) mass is 178 g/mol. The molecule has 0 aromatic heterocycles. The number of allylic oxidation sites excluding steroid dienone is 5. The van der Waals surface area contributed by atoms with Crippen LogP contribution in [-0.2, 0) is 0 Å². The molecule has 2 nitrogen and oxygen atoms in total.